The Morgan fingerprint density at radius 2 is 2.08 bits per heavy atom. The molecule has 1 saturated heterocycles. The van der Waals surface area contributed by atoms with Crippen LogP contribution in [0.25, 0.3) is 0 Å². The van der Waals surface area contributed by atoms with Gasteiger partial charge >= 0.3 is 6.03 Å². The number of anilines is 1. The average molecular weight is 334 g/mol. The molecule has 0 radical (unpaired) electrons. The van der Waals surface area contributed by atoms with E-state index in [4.69, 9.17) is 14.2 Å². The summed E-state index contributed by atoms with van der Waals surface area (Å²) in [7, 11) is 1.69. The molecule has 4 rings (SSSR count). The molecule has 0 bridgehead atoms. The van der Waals surface area contributed by atoms with Crippen molar-refractivity contribution in [3.63, 3.8) is 0 Å². The summed E-state index contributed by atoms with van der Waals surface area (Å²) in [4.78, 5) is 14.3. The maximum Gasteiger partial charge on any atom is 0.321 e. The Morgan fingerprint density at radius 3 is 2.79 bits per heavy atom. The number of urea groups is 1. The van der Waals surface area contributed by atoms with E-state index in [0.717, 1.165) is 12.8 Å². The first-order valence-electron chi connectivity index (χ1n) is 8.29. The van der Waals surface area contributed by atoms with Crippen LogP contribution in [0.4, 0.5) is 10.5 Å². The van der Waals surface area contributed by atoms with Crippen LogP contribution in [-0.2, 0) is 4.74 Å². The Hall–Kier alpha value is -1.99. The molecule has 3 aliphatic rings. The topological polar surface area (TPSA) is 80.3 Å². The largest absolute Gasteiger partial charge is 0.454 e. The minimum absolute atomic E-state index is 0.103. The Kier molecular flexibility index (Phi) is 3.77. The number of nitrogens with zero attached hydrogens (tertiary/aromatic N) is 1. The van der Waals surface area contributed by atoms with Gasteiger partial charge in [-0.15, -0.1) is 0 Å². The number of fused-ring (bicyclic) bond motifs is 1. The van der Waals surface area contributed by atoms with Gasteiger partial charge in [0, 0.05) is 43.8 Å². The minimum atomic E-state index is -0.318. The molecule has 2 heterocycles. The number of aliphatic hydroxyl groups excluding tert-OH is 1. The van der Waals surface area contributed by atoms with E-state index >= 15 is 0 Å². The lowest BCUT2D eigenvalue weighted by Crippen LogP contribution is -2.62. The van der Waals surface area contributed by atoms with Crippen LogP contribution in [0.2, 0.25) is 0 Å². The lowest BCUT2D eigenvalue weighted by molar-refractivity contribution is -0.198. The summed E-state index contributed by atoms with van der Waals surface area (Å²) in [5.41, 5.74) is 0.507. The first kappa shape index (κ1) is 15.5. The molecule has 2 amide bonds. The zero-order valence-corrected chi connectivity index (χ0v) is 13.7. The quantitative estimate of drug-likeness (QED) is 0.862. The number of piperidine rings is 1. The Morgan fingerprint density at radius 1 is 1.33 bits per heavy atom. The number of ether oxygens (including phenoxy) is 3. The molecule has 7 nitrogen and oxygen atoms in total. The number of benzene rings is 1. The van der Waals surface area contributed by atoms with Crippen molar-refractivity contribution in [3.8, 4) is 11.5 Å². The highest BCUT2D eigenvalue weighted by molar-refractivity contribution is 5.89. The Labute approximate surface area is 140 Å². The fourth-order valence-corrected chi connectivity index (χ4v) is 4.02. The van der Waals surface area contributed by atoms with Gasteiger partial charge in [0.25, 0.3) is 0 Å². The third-order valence-electron chi connectivity index (χ3n) is 5.63. The van der Waals surface area contributed by atoms with Crippen molar-refractivity contribution in [2.75, 3.05) is 32.3 Å². The molecular weight excluding hydrogens is 312 g/mol. The molecule has 2 N–H and O–H groups in total. The van der Waals surface area contributed by atoms with Gasteiger partial charge in [0.2, 0.25) is 6.79 Å². The first-order valence-corrected chi connectivity index (χ1v) is 8.29. The maximum atomic E-state index is 12.5. The zero-order valence-electron chi connectivity index (χ0n) is 13.7. The predicted octanol–water partition coefficient (Wildman–Crippen LogP) is 1.81. The first-order chi connectivity index (χ1) is 11.6. The van der Waals surface area contributed by atoms with Gasteiger partial charge in [-0.05, 0) is 25.0 Å². The summed E-state index contributed by atoms with van der Waals surface area (Å²) in [5.74, 6) is 1.34. The molecule has 0 aromatic heterocycles. The normalized spacial score (nSPS) is 27.0. The molecule has 1 aliphatic carbocycles. The van der Waals surface area contributed by atoms with Gasteiger partial charge in [0.15, 0.2) is 11.5 Å². The van der Waals surface area contributed by atoms with E-state index in [1.165, 1.54) is 0 Å². The monoisotopic (exact) mass is 334 g/mol. The zero-order chi connectivity index (χ0) is 16.7. The van der Waals surface area contributed by atoms with Crippen LogP contribution >= 0.6 is 0 Å². The van der Waals surface area contributed by atoms with E-state index in [2.05, 4.69) is 5.32 Å². The summed E-state index contributed by atoms with van der Waals surface area (Å²) >= 11 is 0. The third-order valence-corrected chi connectivity index (χ3v) is 5.63. The van der Waals surface area contributed by atoms with Crippen molar-refractivity contribution < 1.29 is 24.1 Å². The second kappa shape index (κ2) is 5.82. The summed E-state index contributed by atoms with van der Waals surface area (Å²) in [6.07, 6.45) is 2.01. The second-order valence-corrected chi connectivity index (χ2v) is 6.69. The summed E-state index contributed by atoms with van der Waals surface area (Å²) < 4.78 is 16.1. The maximum absolute atomic E-state index is 12.5. The number of aliphatic hydroxyl groups is 1. The summed E-state index contributed by atoms with van der Waals surface area (Å²) in [6.45, 7) is 1.45. The number of hydrogen-bond donors (Lipinski definition) is 2. The van der Waals surface area contributed by atoms with Crippen LogP contribution in [0.15, 0.2) is 18.2 Å². The molecule has 2 fully saturated rings. The fourth-order valence-electron chi connectivity index (χ4n) is 4.02. The molecular formula is C17H22N2O5. The second-order valence-electron chi connectivity index (χ2n) is 6.69. The van der Waals surface area contributed by atoms with E-state index in [0.29, 0.717) is 36.7 Å². The minimum Gasteiger partial charge on any atom is -0.454 e. The van der Waals surface area contributed by atoms with E-state index in [1.54, 1.807) is 30.2 Å². The highest BCUT2D eigenvalue weighted by Gasteiger charge is 2.56. The van der Waals surface area contributed by atoms with E-state index < -0.39 is 0 Å². The van der Waals surface area contributed by atoms with Crippen LogP contribution in [0.3, 0.4) is 0 Å². The fraction of sp³-hybridized carbons (Fsp3) is 0.588. The lowest BCUT2D eigenvalue weighted by Gasteiger charge is -2.56. The molecule has 1 aromatic carbocycles. The van der Waals surface area contributed by atoms with Crippen LogP contribution in [0, 0.1) is 5.41 Å². The van der Waals surface area contributed by atoms with E-state index in [-0.39, 0.29) is 30.4 Å². The standard InChI is InChI=1S/C17H22N2O5/c1-22-15-9-14(20)17(15)4-6-19(7-5-17)16(21)18-11-2-3-12-13(8-11)24-10-23-12/h2-3,8,14-15,20H,4-7,9-10H2,1H3,(H,18,21)/t14-,15+/m1/s1. The van der Waals surface area contributed by atoms with Crippen LogP contribution in [-0.4, -0.2) is 55.2 Å². The average Bonchev–Trinajstić information content (AvgIpc) is 3.07. The smallest absolute Gasteiger partial charge is 0.321 e. The number of rotatable bonds is 2. The lowest BCUT2D eigenvalue weighted by atomic mass is 9.58. The van der Waals surface area contributed by atoms with Gasteiger partial charge in [-0.1, -0.05) is 0 Å². The highest BCUT2D eigenvalue weighted by atomic mass is 16.7. The van der Waals surface area contributed by atoms with Gasteiger partial charge in [-0.2, -0.15) is 0 Å². The molecule has 2 aliphatic heterocycles. The Balaban J connectivity index is 1.37. The van der Waals surface area contributed by atoms with Crippen molar-refractivity contribution >= 4 is 11.7 Å². The molecule has 1 aromatic rings. The van der Waals surface area contributed by atoms with Crippen molar-refractivity contribution in [2.45, 2.75) is 31.5 Å². The van der Waals surface area contributed by atoms with Crippen LogP contribution < -0.4 is 14.8 Å². The van der Waals surface area contributed by atoms with Gasteiger partial charge in [0.05, 0.1) is 12.2 Å². The van der Waals surface area contributed by atoms with Gasteiger partial charge in [-0.25, -0.2) is 4.79 Å². The van der Waals surface area contributed by atoms with Crippen molar-refractivity contribution in [3.05, 3.63) is 18.2 Å². The van der Waals surface area contributed by atoms with Gasteiger partial charge < -0.3 is 29.5 Å². The number of likely N-dealkylation sites (tertiary alicyclic amines) is 1. The summed E-state index contributed by atoms with van der Waals surface area (Å²) in [5, 5.41) is 13.0. The molecule has 0 unspecified atom stereocenters. The molecule has 1 saturated carbocycles. The van der Waals surface area contributed by atoms with Crippen molar-refractivity contribution in [1.29, 1.82) is 0 Å². The highest BCUT2D eigenvalue weighted by Crippen LogP contribution is 2.50. The van der Waals surface area contributed by atoms with Crippen LogP contribution in [0.1, 0.15) is 19.3 Å². The molecule has 1 spiro atoms. The number of nitrogens with one attached hydrogen (secondary N) is 1. The van der Waals surface area contributed by atoms with Gasteiger partial charge in [0.1, 0.15) is 0 Å². The summed E-state index contributed by atoms with van der Waals surface area (Å²) in [6, 6.07) is 5.22. The van der Waals surface area contributed by atoms with E-state index in [9.17, 15) is 9.90 Å². The van der Waals surface area contributed by atoms with E-state index in [1.807, 2.05) is 0 Å². The number of carbonyl (C=O) groups excluding carboxylic acids is 1. The van der Waals surface area contributed by atoms with Crippen molar-refractivity contribution in [1.82, 2.24) is 4.90 Å². The molecule has 2 atom stereocenters. The third kappa shape index (κ3) is 2.39. The molecule has 130 valence electrons. The number of amides is 2. The van der Waals surface area contributed by atoms with Crippen molar-refractivity contribution in [2.24, 2.45) is 5.41 Å². The number of hydrogen-bond acceptors (Lipinski definition) is 5. The number of methoxy groups -OCH3 is 1. The number of carbonyl (C=O) groups is 1. The van der Waals surface area contributed by atoms with Crippen LogP contribution in [0.5, 0.6) is 11.5 Å². The van der Waals surface area contributed by atoms with Gasteiger partial charge in [-0.3, -0.25) is 0 Å². The molecule has 24 heavy (non-hydrogen) atoms. The Bertz CT molecular complexity index is 642. The SMILES string of the molecule is CO[C@H]1C[C@@H](O)C12CCN(C(=O)Nc1ccc3c(c1)OCO3)CC2. The predicted molar refractivity (Wildman–Crippen MR) is 86.2 cm³/mol. The molecule has 7 heteroatoms.